The standard InChI is InChI=1S/C18H16O2S3/c1-21-17-13-12-16(22-17)18(14-8-4-2-5-9-14)23(19,20)15-10-6-3-7-11-15/h2-13,18H,1H3. The first-order chi connectivity index (χ1) is 11.1. The Labute approximate surface area is 145 Å². The fourth-order valence-electron chi connectivity index (χ4n) is 2.46. The van der Waals surface area contributed by atoms with Crippen LogP contribution in [0.2, 0.25) is 0 Å². The topological polar surface area (TPSA) is 34.1 Å². The number of hydrogen-bond donors (Lipinski definition) is 0. The van der Waals surface area contributed by atoms with Crippen LogP contribution < -0.4 is 0 Å². The van der Waals surface area contributed by atoms with E-state index >= 15 is 0 Å². The molecule has 1 heterocycles. The van der Waals surface area contributed by atoms with E-state index in [0.29, 0.717) is 4.90 Å². The van der Waals surface area contributed by atoms with E-state index in [9.17, 15) is 8.42 Å². The number of thiophene rings is 1. The Balaban J connectivity index is 2.16. The zero-order chi connectivity index (χ0) is 16.3. The maximum absolute atomic E-state index is 13.2. The molecule has 1 unspecified atom stereocenters. The van der Waals surface area contributed by atoms with Gasteiger partial charge in [0.15, 0.2) is 9.84 Å². The summed E-state index contributed by atoms with van der Waals surface area (Å²) < 4.78 is 27.6. The third-order valence-corrected chi connectivity index (χ3v) is 8.00. The molecule has 0 saturated carbocycles. The van der Waals surface area contributed by atoms with Gasteiger partial charge in [0.1, 0.15) is 5.25 Å². The second-order valence-corrected chi connectivity index (χ2v) is 9.26. The van der Waals surface area contributed by atoms with Gasteiger partial charge in [-0.2, -0.15) is 0 Å². The highest BCUT2D eigenvalue weighted by molar-refractivity contribution is 8.00. The molecule has 0 saturated heterocycles. The van der Waals surface area contributed by atoms with E-state index in [-0.39, 0.29) is 0 Å². The van der Waals surface area contributed by atoms with Crippen molar-refractivity contribution in [3.8, 4) is 0 Å². The van der Waals surface area contributed by atoms with Gasteiger partial charge in [-0.05, 0) is 36.1 Å². The smallest absolute Gasteiger partial charge is 0.190 e. The van der Waals surface area contributed by atoms with E-state index in [0.717, 1.165) is 14.6 Å². The Morgan fingerprint density at radius 3 is 2.04 bits per heavy atom. The molecular formula is C18H16O2S3. The van der Waals surface area contributed by atoms with Gasteiger partial charge in [0.2, 0.25) is 0 Å². The van der Waals surface area contributed by atoms with Gasteiger partial charge < -0.3 is 0 Å². The molecule has 0 bridgehead atoms. The molecule has 0 aliphatic rings. The van der Waals surface area contributed by atoms with Crippen molar-refractivity contribution in [3.63, 3.8) is 0 Å². The van der Waals surface area contributed by atoms with E-state index in [2.05, 4.69) is 0 Å². The minimum Gasteiger partial charge on any atom is -0.223 e. The average molecular weight is 361 g/mol. The summed E-state index contributed by atoms with van der Waals surface area (Å²) in [6.45, 7) is 0. The Morgan fingerprint density at radius 2 is 1.48 bits per heavy atom. The number of rotatable bonds is 5. The van der Waals surface area contributed by atoms with Crippen molar-refractivity contribution in [1.29, 1.82) is 0 Å². The summed E-state index contributed by atoms with van der Waals surface area (Å²) in [5.41, 5.74) is 0.797. The van der Waals surface area contributed by atoms with Crippen LogP contribution in [-0.4, -0.2) is 14.7 Å². The molecule has 2 nitrogen and oxygen atoms in total. The molecule has 0 amide bonds. The van der Waals surface area contributed by atoms with Crippen molar-refractivity contribution < 1.29 is 8.42 Å². The van der Waals surface area contributed by atoms with E-state index in [1.54, 1.807) is 47.4 Å². The second kappa shape index (κ2) is 6.91. The molecule has 0 aliphatic carbocycles. The van der Waals surface area contributed by atoms with Crippen LogP contribution in [0.1, 0.15) is 15.7 Å². The first-order valence-electron chi connectivity index (χ1n) is 7.10. The molecule has 3 rings (SSSR count). The lowest BCUT2D eigenvalue weighted by Crippen LogP contribution is -2.14. The zero-order valence-corrected chi connectivity index (χ0v) is 15.0. The van der Waals surface area contributed by atoms with Gasteiger partial charge in [-0.15, -0.1) is 23.1 Å². The van der Waals surface area contributed by atoms with Crippen LogP contribution in [0.15, 0.2) is 81.9 Å². The maximum Gasteiger partial charge on any atom is 0.190 e. The SMILES string of the molecule is CSc1ccc(C(c2ccccc2)S(=O)(=O)c2ccccc2)s1. The Hall–Kier alpha value is -1.56. The zero-order valence-electron chi connectivity index (χ0n) is 12.5. The summed E-state index contributed by atoms with van der Waals surface area (Å²) in [7, 11) is -3.50. The van der Waals surface area contributed by atoms with E-state index in [4.69, 9.17) is 0 Å². The summed E-state index contributed by atoms with van der Waals surface area (Å²) in [5, 5.41) is -0.669. The molecular weight excluding hydrogens is 344 g/mol. The van der Waals surface area contributed by atoms with Crippen molar-refractivity contribution in [3.05, 3.63) is 83.2 Å². The molecule has 0 aliphatic heterocycles. The molecule has 1 aromatic heterocycles. The van der Waals surface area contributed by atoms with Crippen LogP contribution in [0.3, 0.4) is 0 Å². The number of thioether (sulfide) groups is 1. The minimum atomic E-state index is -3.50. The maximum atomic E-state index is 13.2. The molecule has 5 heteroatoms. The Morgan fingerprint density at radius 1 is 0.870 bits per heavy atom. The van der Waals surface area contributed by atoms with Gasteiger partial charge >= 0.3 is 0 Å². The number of benzene rings is 2. The lowest BCUT2D eigenvalue weighted by atomic mass is 10.1. The van der Waals surface area contributed by atoms with E-state index in [1.165, 1.54) is 0 Å². The lowest BCUT2D eigenvalue weighted by molar-refractivity contribution is 0.589. The molecule has 0 spiro atoms. The van der Waals surface area contributed by atoms with Crippen molar-refractivity contribution in [2.24, 2.45) is 0 Å². The summed E-state index contributed by atoms with van der Waals surface area (Å²) in [6.07, 6.45) is 2.00. The molecule has 0 fully saturated rings. The predicted octanol–water partition coefficient (Wildman–Crippen LogP) is 5.03. The third kappa shape index (κ3) is 3.37. The highest BCUT2D eigenvalue weighted by Crippen LogP contribution is 2.40. The van der Waals surface area contributed by atoms with Gasteiger partial charge in [-0.3, -0.25) is 0 Å². The molecule has 0 N–H and O–H groups in total. The normalized spacial score (nSPS) is 12.9. The molecule has 3 aromatic rings. The van der Waals surface area contributed by atoms with Crippen LogP contribution in [0.25, 0.3) is 0 Å². The lowest BCUT2D eigenvalue weighted by Gasteiger charge is -2.17. The van der Waals surface area contributed by atoms with Crippen molar-refractivity contribution >= 4 is 32.9 Å². The summed E-state index contributed by atoms with van der Waals surface area (Å²) in [6, 6.07) is 22.0. The van der Waals surface area contributed by atoms with Crippen LogP contribution in [0, 0.1) is 0 Å². The highest BCUT2D eigenvalue weighted by atomic mass is 32.2. The van der Waals surface area contributed by atoms with Gasteiger partial charge in [0, 0.05) is 4.88 Å². The summed E-state index contributed by atoms with van der Waals surface area (Å²) in [5.74, 6) is 0. The third-order valence-electron chi connectivity index (χ3n) is 3.55. The molecule has 2 aromatic carbocycles. The van der Waals surface area contributed by atoms with Gasteiger partial charge in [-0.1, -0.05) is 48.5 Å². The van der Waals surface area contributed by atoms with Crippen molar-refractivity contribution in [1.82, 2.24) is 0 Å². The summed E-state index contributed by atoms with van der Waals surface area (Å²) in [4.78, 5) is 1.21. The van der Waals surface area contributed by atoms with Gasteiger partial charge in [0.05, 0.1) is 9.10 Å². The Kier molecular flexibility index (Phi) is 4.90. The average Bonchev–Trinajstić information content (AvgIpc) is 3.05. The van der Waals surface area contributed by atoms with E-state index in [1.807, 2.05) is 54.8 Å². The molecule has 23 heavy (non-hydrogen) atoms. The monoisotopic (exact) mass is 360 g/mol. The van der Waals surface area contributed by atoms with Gasteiger partial charge in [-0.25, -0.2) is 8.42 Å². The van der Waals surface area contributed by atoms with E-state index < -0.39 is 15.1 Å². The highest BCUT2D eigenvalue weighted by Gasteiger charge is 2.31. The van der Waals surface area contributed by atoms with Crippen LogP contribution in [-0.2, 0) is 9.84 Å². The first-order valence-corrected chi connectivity index (χ1v) is 10.7. The fraction of sp³-hybridized carbons (Fsp3) is 0.111. The predicted molar refractivity (Wildman–Crippen MR) is 98.0 cm³/mol. The number of hydrogen-bond acceptors (Lipinski definition) is 4. The largest absolute Gasteiger partial charge is 0.223 e. The first kappa shape index (κ1) is 16.3. The van der Waals surface area contributed by atoms with Crippen LogP contribution in [0.5, 0.6) is 0 Å². The minimum absolute atomic E-state index is 0.355. The fourth-order valence-corrected chi connectivity index (χ4v) is 6.26. The quantitative estimate of drug-likeness (QED) is 0.598. The second-order valence-electron chi connectivity index (χ2n) is 5.01. The number of sulfone groups is 1. The van der Waals surface area contributed by atoms with Crippen molar-refractivity contribution in [2.45, 2.75) is 14.4 Å². The van der Waals surface area contributed by atoms with Crippen LogP contribution in [0.4, 0.5) is 0 Å². The summed E-state index contributed by atoms with van der Waals surface area (Å²) >= 11 is 3.17. The van der Waals surface area contributed by atoms with Crippen LogP contribution >= 0.6 is 23.1 Å². The molecule has 0 radical (unpaired) electrons. The van der Waals surface area contributed by atoms with Crippen molar-refractivity contribution in [2.75, 3.05) is 6.26 Å². The van der Waals surface area contributed by atoms with Gasteiger partial charge in [0.25, 0.3) is 0 Å². The molecule has 118 valence electrons. The molecule has 1 atom stereocenters. The Bertz CT molecular complexity index is 869.